The summed E-state index contributed by atoms with van der Waals surface area (Å²) in [5.74, 6) is 12.3. The average Bonchev–Trinajstić information content (AvgIpc) is 2.10. The van der Waals surface area contributed by atoms with Crippen LogP contribution in [0.25, 0.3) is 0 Å². The molecule has 2 nitrogen and oxygen atoms in total. The van der Waals surface area contributed by atoms with E-state index in [0.717, 1.165) is 0 Å². The third-order valence-electron chi connectivity index (χ3n) is 2.00. The molecule has 0 spiro atoms. The normalized spacial score (nSPS) is 8.86. The van der Waals surface area contributed by atoms with Crippen LogP contribution in [0.4, 0.5) is 0 Å². The zero-order valence-electron chi connectivity index (χ0n) is 10.0. The highest BCUT2D eigenvalue weighted by Crippen LogP contribution is 1.96. The van der Waals surface area contributed by atoms with Crippen molar-refractivity contribution < 1.29 is 0 Å². The van der Waals surface area contributed by atoms with E-state index in [4.69, 9.17) is 0 Å². The second-order valence-electron chi connectivity index (χ2n) is 3.61. The minimum Gasteiger partial charge on any atom is -0.340 e. The van der Waals surface area contributed by atoms with Gasteiger partial charge in [-0.3, -0.25) is 0 Å². The number of nitrogens with zero attached hydrogens (tertiary/aromatic N) is 2. The average molecular weight is 188 g/mol. The van der Waals surface area contributed by atoms with Gasteiger partial charge in [0.15, 0.2) is 0 Å². The Balaban J connectivity index is 4.85. The minimum absolute atomic E-state index is 0.169. The van der Waals surface area contributed by atoms with Gasteiger partial charge in [0, 0.05) is 0 Å². The fourth-order valence-electron chi connectivity index (χ4n) is 1.28. The Morgan fingerprint density at radius 2 is 1.00 bits per heavy atom. The van der Waals surface area contributed by atoms with Crippen LogP contribution in [0.5, 0.6) is 0 Å². The SMILES string of the molecule is CC#CB(B(C#CC)N(C)C)N(C)C. The second kappa shape index (κ2) is 6.60. The van der Waals surface area contributed by atoms with Gasteiger partial charge in [0.05, 0.1) is 0 Å². The second-order valence-corrected chi connectivity index (χ2v) is 3.61. The van der Waals surface area contributed by atoms with Gasteiger partial charge < -0.3 is 9.62 Å². The zero-order chi connectivity index (χ0) is 11.1. The Bertz CT molecular complexity index is 248. The van der Waals surface area contributed by atoms with Gasteiger partial charge in [-0.25, -0.2) is 0 Å². The Morgan fingerprint density at radius 3 is 1.14 bits per heavy atom. The fourth-order valence-corrected chi connectivity index (χ4v) is 1.28. The monoisotopic (exact) mass is 188 g/mol. The molecule has 4 heteroatoms. The van der Waals surface area contributed by atoms with Crippen molar-refractivity contribution in [3.63, 3.8) is 0 Å². The van der Waals surface area contributed by atoms with Gasteiger partial charge in [-0.05, 0) is 42.0 Å². The van der Waals surface area contributed by atoms with Crippen molar-refractivity contribution in [3.05, 3.63) is 0 Å². The van der Waals surface area contributed by atoms with E-state index in [9.17, 15) is 0 Å². The standard InChI is InChI=1S/C10H18B2N2/c1-7-9-11(13(3)4)12(10-8-2)14(5)6/h1-6H3. The molecule has 0 radical (unpaired) electrons. The maximum atomic E-state index is 3.18. The summed E-state index contributed by atoms with van der Waals surface area (Å²) in [5.41, 5.74) is 0. The zero-order valence-corrected chi connectivity index (χ0v) is 10.0. The third-order valence-corrected chi connectivity index (χ3v) is 2.00. The van der Waals surface area contributed by atoms with Gasteiger partial charge in [0.1, 0.15) is 0 Å². The smallest absolute Gasteiger partial charge is 0.311 e. The minimum atomic E-state index is 0.169. The Kier molecular flexibility index (Phi) is 6.21. The molecule has 0 aliphatic rings. The first kappa shape index (κ1) is 13.2. The molecule has 0 atom stereocenters. The lowest BCUT2D eigenvalue weighted by Gasteiger charge is -2.23. The molecule has 0 rings (SSSR count). The first-order valence-electron chi connectivity index (χ1n) is 4.72. The van der Waals surface area contributed by atoms with Gasteiger partial charge >= 0.3 is 13.5 Å². The lowest BCUT2D eigenvalue weighted by molar-refractivity contribution is 0.633. The van der Waals surface area contributed by atoms with Crippen molar-refractivity contribution in [2.24, 2.45) is 0 Å². The summed E-state index contributed by atoms with van der Waals surface area (Å²) in [6.45, 7) is 4.07. The van der Waals surface area contributed by atoms with Crippen molar-refractivity contribution in [2.45, 2.75) is 13.8 Å². The van der Waals surface area contributed by atoms with Gasteiger partial charge in [0.25, 0.3) is 0 Å². The summed E-state index contributed by atoms with van der Waals surface area (Å²) in [7, 11) is 8.12. The summed E-state index contributed by atoms with van der Waals surface area (Å²) < 4.78 is 0. The number of hydrogen-bond donors (Lipinski definition) is 0. The van der Waals surface area contributed by atoms with Crippen LogP contribution < -0.4 is 0 Å². The molecule has 14 heavy (non-hydrogen) atoms. The maximum Gasteiger partial charge on any atom is 0.311 e. The molecule has 0 saturated carbocycles. The topological polar surface area (TPSA) is 6.48 Å². The van der Waals surface area contributed by atoms with Gasteiger partial charge in [-0.1, -0.05) is 0 Å². The molecule has 0 amide bonds. The highest BCUT2D eigenvalue weighted by Gasteiger charge is 2.31. The lowest BCUT2D eigenvalue weighted by Crippen LogP contribution is -2.53. The van der Waals surface area contributed by atoms with Crippen molar-refractivity contribution in [2.75, 3.05) is 28.2 Å². The summed E-state index contributed by atoms with van der Waals surface area (Å²) in [5, 5.41) is 0. The predicted molar refractivity (Wildman–Crippen MR) is 65.8 cm³/mol. The molecule has 0 aromatic heterocycles. The van der Waals surface area contributed by atoms with Crippen LogP contribution in [-0.2, 0) is 0 Å². The van der Waals surface area contributed by atoms with Crippen molar-refractivity contribution >= 4 is 13.5 Å². The summed E-state index contributed by atoms with van der Waals surface area (Å²) in [4.78, 5) is 4.21. The maximum absolute atomic E-state index is 3.18. The lowest BCUT2D eigenvalue weighted by atomic mass is 9.20. The Hall–Kier alpha value is -0.830. The molecule has 0 aliphatic heterocycles. The molecule has 0 fully saturated rings. The predicted octanol–water partition coefficient (Wildman–Crippen LogP) is 0.296. The van der Waals surface area contributed by atoms with Crippen LogP contribution in [0.1, 0.15) is 13.8 Å². The van der Waals surface area contributed by atoms with Crippen LogP contribution in [0.3, 0.4) is 0 Å². The van der Waals surface area contributed by atoms with E-state index in [1.807, 2.05) is 42.0 Å². The molecule has 0 heterocycles. The molecule has 74 valence electrons. The highest BCUT2D eigenvalue weighted by atomic mass is 15.0. The van der Waals surface area contributed by atoms with Crippen molar-refractivity contribution in [3.8, 4) is 23.5 Å². The van der Waals surface area contributed by atoms with E-state index >= 15 is 0 Å². The Labute approximate surface area is 89.2 Å². The third kappa shape index (κ3) is 3.92. The van der Waals surface area contributed by atoms with Gasteiger partial charge in [-0.2, -0.15) is 0 Å². The van der Waals surface area contributed by atoms with Crippen LogP contribution in [0.15, 0.2) is 0 Å². The number of rotatable bonds is 3. The number of hydrogen-bond acceptors (Lipinski definition) is 2. The molecule has 0 aliphatic carbocycles. The molecular formula is C10H18B2N2. The van der Waals surface area contributed by atoms with E-state index in [-0.39, 0.29) is 13.5 Å². The summed E-state index contributed by atoms with van der Waals surface area (Å²) >= 11 is 0. The molecule has 0 bridgehead atoms. The van der Waals surface area contributed by atoms with Crippen LogP contribution in [0.2, 0.25) is 0 Å². The van der Waals surface area contributed by atoms with Gasteiger partial charge in [0.2, 0.25) is 0 Å². The van der Waals surface area contributed by atoms with Crippen molar-refractivity contribution in [1.82, 2.24) is 9.62 Å². The fraction of sp³-hybridized carbons (Fsp3) is 0.600. The summed E-state index contributed by atoms with van der Waals surface area (Å²) in [6.07, 6.45) is 0. The molecule has 0 N–H and O–H groups in total. The van der Waals surface area contributed by atoms with Crippen LogP contribution >= 0.6 is 0 Å². The van der Waals surface area contributed by atoms with Gasteiger partial charge in [-0.15, -0.1) is 23.5 Å². The van der Waals surface area contributed by atoms with E-state index in [1.54, 1.807) is 0 Å². The first-order chi connectivity index (χ1) is 6.54. The van der Waals surface area contributed by atoms with E-state index in [1.165, 1.54) is 0 Å². The quantitative estimate of drug-likeness (QED) is 0.464. The van der Waals surface area contributed by atoms with Crippen LogP contribution in [0, 0.1) is 23.5 Å². The highest BCUT2D eigenvalue weighted by molar-refractivity contribution is 7.26. The van der Waals surface area contributed by atoms with Crippen molar-refractivity contribution in [1.29, 1.82) is 0 Å². The van der Waals surface area contributed by atoms with Crippen LogP contribution in [-0.4, -0.2) is 51.3 Å². The summed E-state index contributed by atoms with van der Waals surface area (Å²) in [6, 6.07) is 0. The molecule has 0 aromatic carbocycles. The largest absolute Gasteiger partial charge is 0.340 e. The first-order valence-corrected chi connectivity index (χ1v) is 4.72. The van der Waals surface area contributed by atoms with E-state index < -0.39 is 0 Å². The van der Waals surface area contributed by atoms with E-state index in [2.05, 4.69) is 33.1 Å². The molecular weight excluding hydrogens is 170 g/mol. The molecule has 0 unspecified atom stereocenters. The molecule has 0 aromatic rings. The van der Waals surface area contributed by atoms with E-state index in [0.29, 0.717) is 0 Å². The molecule has 0 saturated heterocycles. The Morgan fingerprint density at radius 1 is 0.714 bits per heavy atom.